The van der Waals surface area contributed by atoms with Crippen molar-refractivity contribution in [3.63, 3.8) is 0 Å². The maximum Gasteiger partial charge on any atom is 0.255 e. The van der Waals surface area contributed by atoms with Crippen LogP contribution in [0.1, 0.15) is 44.5 Å². The molecule has 1 fully saturated rings. The van der Waals surface area contributed by atoms with Gasteiger partial charge in [-0.3, -0.25) is 9.59 Å². The molecule has 2 atom stereocenters. The molecule has 7 nitrogen and oxygen atoms in total. The second-order valence-electron chi connectivity index (χ2n) is 8.97. The molecule has 8 heteroatoms. The molecule has 2 aromatic rings. The van der Waals surface area contributed by atoms with Crippen molar-refractivity contribution >= 4 is 33.2 Å². The van der Waals surface area contributed by atoms with Crippen molar-refractivity contribution in [3.8, 4) is 0 Å². The van der Waals surface area contributed by atoms with Crippen molar-refractivity contribution in [1.29, 1.82) is 0 Å². The predicted octanol–water partition coefficient (Wildman–Crippen LogP) is 4.20. The maximum atomic E-state index is 13.0. The molecule has 2 unspecified atom stereocenters. The fourth-order valence-electron chi connectivity index (χ4n) is 3.86. The fourth-order valence-corrected chi connectivity index (χ4v) is 5.54. The summed E-state index contributed by atoms with van der Waals surface area (Å²) in [4.78, 5) is 24.5. The monoisotopic (exact) mass is 457 g/mol. The van der Waals surface area contributed by atoms with E-state index in [1.165, 1.54) is 12.1 Å². The van der Waals surface area contributed by atoms with Gasteiger partial charge < -0.3 is 10.6 Å². The van der Waals surface area contributed by atoms with Crippen LogP contribution in [0.3, 0.4) is 0 Å². The van der Waals surface area contributed by atoms with Crippen molar-refractivity contribution in [1.82, 2.24) is 4.31 Å². The van der Waals surface area contributed by atoms with Crippen LogP contribution in [0.15, 0.2) is 53.4 Å². The van der Waals surface area contributed by atoms with Gasteiger partial charge in [0.05, 0.1) is 4.90 Å². The van der Waals surface area contributed by atoms with Crippen LogP contribution in [0.2, 0.25) is 0 Å². The molecule has 1 saturated heterocycles. The molecule has 2 N–H and O–H groups in total. The first-order chi connectivity index (χ1) is 15.1. The zero-order chi connectivity index (χ0) is 23.5. The maximum absolute atomic E-state index is 13.0. The molecule has 3 rings (SSSR count). The Kier molecular flexibility index (Phi) is 7.36. The number of hydrogen-bond acceptors (Lipinski definition) is 4. The summed E-state index contributed by atoms with van der Waals surface area (Å²) in [6.07, 6.45) is 1.03. The highest BCUT2D eigenvalue weighted by Gasteiger charge is 2.31. The van der Waals surface area contributed by atoms with Gasteiger partial charge in [0.15, 0.2) is 0 Å². The van der Waals surface area contributed by atoms with Gasteiger partial charge in [-0.1, -0.05) is 27.7 Å². The third-order valence-corrected chi connectivity index (χ3v) is 7.37. The Bertz CT molecular complexity index is 1050. The number of benzene rings is 2. The molecule has 172 valence electrons. The number of sulfonamides is 1. The van der Waals surface area contributed by atoms with E-state index in [0.717, 1.165) is 6.42 Å². The Labute approximate surface area is 190 Å². The van der Waals surface area contributed by atoms with Crippen molar-refractivity contribution in [2.75, 3.05) is 23.7 Å². The Balaban J connectivity index is 1.65. The van der Waals surface area contributed by atoms with Gasteiger partial charge in [0.1, 0.15) is 0 Å². The van der Waals surface area contributed by atoms with Gasteiger partial charge in [0.2, 0.25) is 15.9 Å². The van der Waals surface area contributed by atoms with Gasteiger partial charge in [0.25, 0.3) is 5.91 Å². The second kappa shape index (κ2) is 9.83. The van der Waals surface area contributed by atoms with Crippen LogP contribution >= 0.6 is 0 Å². The number of carbonyl (C=O) groups is 2. The highest BCUT2D eigenvalue weighted by atomic mass is 32.2. The third-order valence-electron chi connectivity index (χ3n) is 5.52. The molecule has 0 spiro atoms. The highest BCUT2D eigenvalue weighted by Crippen LogP contribution is 2.27. The fraction of sp³-hybridized carbons (Fsp3) is 0.417. The van der Waals surface area contributed by atoms with Gasteiger partial charge in [-0.15, -0.1) is 0 Å². The van der Waals surface area contributed by atoms with Crippen LogP contribution in [0.5, 0.6) is 0 Å². The van der Waals surface area contributed by atoms with Gasteiger partial charge in [-0.25, -0.2) is 8.42 Å². The Morgan fingerprint density at radius 2 is 1.38 bits per heavy atom. The smallest absolute Gasteiger partial charge is 0.255 e. The molecule has 1 heterocycles. The standard InChI is InChI=1S/C24H31N3O4S/c1-16(2)23(28)25-20-7-5-19(6-8-20)24(29)26-21-9-11-22(12-10-21)32(30,31)27-14-17(3)13-18(4)15-27/h5-12,16-18H,13-15H2,1-4H3,(H,25,28)(H,26,29). The Morgan fingerprint density at radius 3 is 1.91 bits per heavy atom. The van der Waals surface area contributed by atoms with Crippen LogP contribution < -0.4 is 10.6 Å². The Morgan fingerprint density at radius 1 is 0.875 bits per heavy atom. The Hall–Kier alpha value is -2.71. The lowest BCUT2D eigenvalue weighted by Gasteiger charge is -2.34. The van der Waals surface area contributed by atoms with E-state index in [1.54, 1.807) is 54.6 Å². The number of rotatable bonds is 6. The number of hydrogen-bond donors (Lipinski definition) is 2. The normalized spacial score (nSPS) is 19.5. The molecule has 1 aliphatic rings. The SMILES string of the molecule is CC1CC(C)CN(S(=O)(=O)c2ccc(NC(=O)c3ccc(NC(=O)C(C)C)cc3)cc2)C1. The van der Waals surface area contributed by atoms with Crippen molar-refractivity contribution in [3.05, 3.63) is 54.1 Å². The lowest BCUT2D eigenvalue weighted by Crippen LogP contribution is -2.42. The van der Waals surface area contributed by atoms with E-state index in [4.69, 9.17) is 0 Å². The predicted molar refractivity (Wildman–Crippen MR) is 126 cm³/mol. The minimum atomic E-state index is -3.56. The molecule has 2 aromatic carbocycles. The molecule has 0 aromatic heterocycles. The van der Waals surface area contributed by atoms with Crippen LogP contribution in [0.25, 0.3) is 0 Å². The minimum Gasteiger partial charge on any atom is -0.326 e. The first-order valence-corrected chi connectivity index (χ1v) is 12.3. The molecular formula is C24H31N3O4S. The topological polar surface area (TPSA) is 95.6 Å². The summed E-state index contributed by atoms with van der Waals surface area (Å²) in [6, 6.07) is 12.8. The molecule has 0 saturated carbocycles. The summed E-state index contributed by atoms with van der Waals surface area (Å²) < 4.78 is 27.5. The van der Waals surface area contributed by atoms with Crippen molar-refractivity contribution in [2.24, 2.45) is 17.8 Å². The van der Waals surface area contributed by atoms with Crippen LogP contribution in [-0.4, -0.2) is 37.6 Å². The quantitative estimate of drug-likeness (QED) is 0.680. The molecule has 2 amide bonds. The van der Waals surface area contributed by atoms with E-state index in [9.17, 15) is 18.0 Å². The number of piperidine rings is 1. The number of amides is 2. The molecule has 0 bridgehead atoms. The summed E-state index contributed by atoms with van der Waals surface area (Å²) in [5, 5.41) is 5.55. The summed E-state index contributed by atoms with van der Waals surface area (Å²) in [7, 11) is -3.56. The third kappa shape index (κ3) is 5.75. The summed E-state index contributed by atoms with van der Waals surface area (Å²) in [5.41, 5.74) is 1.56. The van der Waals surface area contributed by atoms with E-state index < -0.39 is 10.0 Å². The number of nitrogens with zero attached hydrogens (tertiary/aromatic N) is 1. The van der Waals surface area contributed by atoms with E-state index >= 15 is 0 Å². The first-order valence-electron chi connectivity index (χ1n) is 10.9. The lowest BCUT2D eigenvalue weighted by atomic mass is 9.94. The van der Waals surface area contributed by atoms with E-state index in [-0.39, 0.29) is 22.6 Å². The lowest BCUT2D eigenvalue weighted by molar-refractivity contribution is -0.118. The minimum absolute atomic E-state index is 0.0919. The molecule has 0 aliphatic carbocycles. The number of carbonyl (C=O) groups excluding carboxylic acids is 2. The molecule has 0 radical (unpaired) electrons. The van der Waals surface area contributed by atoms with Gasteiger partial charge in [-0.2, -0.15) is 4.31 Å². The van der Waals surface area contributed by atoms with Crippen molar-refractivity contribution < 1.29 is 18.0 Å². The summed E-state index contributed by atoms with van der Waals surface area (Å²) in [6.45, 7) is 8.81. The second-order valence-corrected chi connectivity index (χ2v) is 10.9. The molecule has 1 aliphatic heterocycles. The van der Waals surface area contributed by atoms with Gasteiger partial charge >= 0.3 is 0 Å². The van der Waals surface area contributed by atoms with E-state index in [2.05, 4.69) is 24.5 Å². The molecular weight excluding hydrogens is 426 g/mol. The van der Waals surface area contributed by atoms with Crippen LogP contribution in [-0.2, 0) is 14.8 Å². The largest absolute Gasteiger partial charge is 0.326 e. The summed E-state index contributed by atoms with van der Waals surface area (Å²) >= 11 is 0. The van der Waals surface area contributed by atoms with Crippen molar-refractivity contribution in [2.45, 2.75) is 39.0 Å². The highest BCUT2D eigenvalue weighted by molar-refractivity contribution is 7.89. The number of anilines is 2. The first kappa shape index (κ1) is 23.9. The average Bonchev–Trinajstić information content (AvgIpc) is 2.74. The summed E-state index contributed by atoms with van der Waals surface area (Å²) in [5.74, 6) is 0.118. The van der Waals surface area contributed by atoms with E-state index in [1.807, 2.05) is 0 Å². The molecule has 32 heavy (non-hydrogen) atoms. The number of nitrogens with one attached hydrogen (secondary N) is 2. The zero-order valence-electron chi connectivity index (χ0n) is 19.0. The van der Waals surface area contributed by atoms with E-state index in [0.29, 0.717) is 41.9 Å². The zero-order valence-corrected chi connectivity index (χ0v) is 19.8. The van der Waals surface area contributed by atoms with Gasteiger partial charge in [0, 0.05) is 35.9 Å². The van der Waals surface area contributed by atoms with Crippen LogP contribution in [0.4, 0.5) is 11.4 Å². The average molecular weight is 458 g/mol. The van der Waals surface area contributed by atoms with Crippen LogP contribution in [0, 0.1) is 17.8 Å². The van der Waals surface area contributed by atoms with Gasteiger partial charge in [-0.05, 0) is 66.8 Å².